The Balaban J connectivity index is 0.00000180. The van der Waals surface area contributed by atoms with E-state index < -0.39 is 0 Å². The van der Waals surface area contributed by atoms with E-state index in [0.29, 0.717) is 11.3 Å². The number of phenolic OH excluding ortho intramolecular Hbond substituents is 1. The molecule has 0 aliphatic carbocycles. The number of piperazine rings is 1. The number of hydrogen-bond acceptors (Lipinski definition) is 4. The molecule has 6 heteroatoms. The van der Waals surface area contributed by atoms with Crippen LogP contribution in [0.4, 0.5) is 0 Å². The predicted molar refractivity (Wildman–Crippen MR) is 84.8 cm³/mol. The molecule has 0 radical (unpaired) electrons. The van der Waals surface area contributed by atoms with E-state index in [1.165, 1.54) is 0 Å². The molecule has 0 aromatic heterocycles. The molecule has 0 bridgehead atoms. The Bertz CT molecular complexity index is 456. The van der Waals surface area contributed by atoms with Crippen molar-refractivity contribution in [2.45, 2.75) is 19.4 Å². The fourth-order valence-corrected chi connectivity index (χ4v) is 2.56. The number of nitrogens with one attached hydrogen (secondary N) is 1. The van der Waals surface area contributed by atoms with Crippen molar-refractivity contribution in [1.29, 1.82) is 5.26 Å². The summed E-state index contributed by atoms with van der Waals surface area (Å²) < 4.78 is 0. The first-order valence-corrected chi connectivity index (χ1v) is 6.44. The van der Waals surface area contributed by atoms with Gasteiger partial charge in [-0.25, -0.2) is 0 Å². The van der Waals surface area contributed by atoms with Gasteiger partial charge in [0.2, 0.25) is 0 Å². The SMILES string of the molecule is CC[C@@H](c1cc(C#N)ccc1O)N1CCNCC1.Cl.Cl. The normalized spacial score (nSPS) is 16.4. The van der Waals surface area contributed by atoms with E-state index in [1.54, 1.807) is 12.1 Å². The molecule has 0 amide bonds. The number of nitrogens with zero attached hydrogens (tertiary/aromatic N) is 2. The summed E-state index contributed by atoms with van der Waals surface area (Å²) >= 11 is 0. The fourth-order valence-electron chi connectivity index (χ4n) is 2.56. The van der Waals surface area contributed by atoms with Gasteiger partial charge in [0.05, 0.1) is 11.6 Å². The number of nitriles is 1. The van der Waals surface area contributed by atoms with Crippen LogP contribution in [0.5, 0.6) is 5.75 Å². The van der Waals surface area contributed by atoms with Crippen molar-refractivity contribution in [2.75, 3.05) is 26.2 Å². The molecule has 20 heavy (non-hydrogen) atoms. The molecule has 1 atom stereocenters. The number of aromatic hydroxyl groups is 1. The first-order chi connectivity index (χ1) is 8.76. The summed E-state index contributed by atoms with van der Waals surface area (Å²) in [6.45, 7) is 6.04. The van der Waals surface area contributed by atoms with Crippen LogP contribution in [0.1, 0.15) is 30.5 Å². The Morgan fingerprint density at radius 1 is 1.35 bits per heavy atom. The molecule has 4 nitrogen and oxygen atoms in total. The van der Waals surface area contributed by atoms with E-state index in [4.69, 9.17) is 5.26 Å². The number of halogens is 2. The Labute approximate surface area is 132 Å². The number of rotatable bonds is 3. The molecule has 1 aromatic carbocycles. The molecule has 1 aliphatic heterocycles. The van der Waals surface area contributed by atoms with Crippen LogP contribution in [0, 0.1) is 11.3 Å². The summed E-state index contributed by atoms with van der Waals surface area (Å²) in [6, 6.07) is 7.42. The Kier molecular flexibility index (Phi) is 8.59. The van der Waals surface area contributed by atoms with Gasteiger partial charge in [0, 0.05) is 37.8 Å². The summed E-state index contributed by atoms with van der Waals surface area (Å²) in [5.41, 5.74) is 1.48. The van der Waals surface area contributed by atoms with Gasteiger partial charge in [0.1, 0.15) is 5.75 Å². The van der Waals surface area contributed by atoms with Crippen LogP contribution in [0.2, 0.25) is 0 Å². The van der Waals surface area contributed by atoms with Crippen LogP contribution in [0.25, 0.3) is 0 Å². The van der Waals surface area contributed by atoms with E-state index >= 15 is 0 Å². The molecule has 1 aliphatic rings. The van der Waals surface area contributed by atoms with Gasteiger partial charge in [-0.05, 0) is 24.6 Å². The highest BCUT2D eigenvalue weighted by Gasteiger charge is 2.23. The van der Waals surface area contributed by atoms with E-state index in [0.717, 1.165) is 38.2 Å². The lowest BCUT2D eigenvalue weighted by atomic mass is 9.99. The smallest absolute Gasteiger partial charge is 0.120 e. The molecule has 1 aromatic rings. The zero-order valence-electron chi connectivity index (χ0n) is 11.5. The molecule has 2 rings (SSSR count). The van der Waals surface area contributed by atoms with Gasteiger partial charge >= 0.3 is 0 Å². The molecule has 1 saturated heterocycles. The van der Waals surface area contributed by atoms with Gasteiger partial charge in [-0.15, -0.1) is 24.8 Å². The van der Waals surface area contributed by atoms with Crippen molar-refractivity contribution in [2.24, 2.45) is 0 Å². The standard InChI is InChI=1S/C14H19N3O.2ClH/c1-2-13(17-7-5-16-6-8-17)12-9-11(10-15)3-4-14(12)18;;/h3-4,9,13,16,18H,2,5-8H2,1H3;2*1H/t13-;;/m0../s1. The Morgan fingerprint density at radius 3 is 2.55 bits per heavy atom. The quantitative estimate of drug-likeness (QED) is 0.899. The average Bonchev–Trinajstić information content (AvgIpc) is 2.43. The van der Waals surface area contributed by atoms with Crippen LogP contribution in [0.3, 0.4) is 0 Å². The highest BCUT2D eigenvalue weighted by molar-refractivity contribution is 5.85. The fraction of sp³-hybridized carbons (Fsp3) is 0.500. The van der Waals surface area contributed by atoms with E-state index in [9.17, 15) is 5.11 Å². The molecule has 112 valence electrons. The van der Waals surface area contributed by atoms with Crippen LogP contribution >= 0.6 is 24.8 Å². The van der Waals surface area contributed by atoms with Gasteiger partial charge in [-0.2, -0.15) is 5.26 Å². The van der Waals surface area contributed by atoms with Crippen LogP contribution in [-0.2, 0) is 0 Å². The number of benzene rings is 1. The van der Waals surface area contributed by atoms with Crippen molar-refractivity contribution < 1.29 is 5.11 Å². The summed E-state index contributed by atoms with van der Waals surface area (Å²) in [4.78, 5) is 2.37. The second-order valence-electron chi connectivity index (χ2n) is 4.60. The van der Waals surface area contributed by atoms with Crippen LogP contribution < -0.4 is 5.32 Å². The Hall–Kier alpha value is -0.990. The van der Waals surface area contributed by atoms with Crippen molar-refractivity contribution in [3.63, 3.8) is 0 Å². The van der Waals surface area contributed by atoms with Crippen LogP contribution in [-0.4, -0.2) is 36.2 Å². The van der Waals surface area contributed by atoms with Gasteiger partial charge in [0.25, 0.3) is 0 Å². The van der Waals surface area contributed by atoms with Crippen molar-refractivity contribution >= 4 is 24.8 Å². The van der Waals surface area contributed by atoms with Crippen LogP contribution in [0.15, 0.2) is 18.2 Å². The van der Waals surface area contributed by atoms with Gasteiger partial charge in [0.15, 0.2) is 0 Å². The molecule has 0 saturated carbocycles. The second kappa shape index (κ2) is 9.04. The third-order valence-electron chi connectivity index (χ3n) is 3.49. The predicted octanol–water partition coefficient (Wildman–Crippen LogP) is 2.46. The third-order valence-corrected chi connectivity index (χ3v) is 3.49. The zero-order valence-corrected chi connectivity index (χ0v) is 13.1. The molecular weight excluding hydrogens is 297 g/mol. The minimum atomic E-state index is 0. The van der Waals surface area contributed by atoms with Gasteiger partial charge < -0.3 is 10.4 Å². The maximum absolute atomic E-state index is 10.0. The van der Waals surface area contributed by atoms with Gasteiger partial charge in [-0.1, -0.05) is 6.92 Å². The van der Waals surface area contributed by atoms with Crippen molar-refractivity contribution in [3.8, 4) is 11.8 Å². The highest BCUT2D eigenvalue weighted by atomic mass is 35.5. The zero-order chi connectivity index (χ0) is 13.0. The van der Waals surface area contributed by atoms with E-state index in [1.807, 2.05) is 6.07 Å². The summed E-state index contributed by atoms with van der Waals surface area (Å²) in [6.07, 6.45) is 0.933. The largest absolute Gasteiger partial charge is 0.508 e. The van der Waals surface area contributed by atoms with E-state index in [-0.39, 0.29) is 30.9 Å². The maximum Gasteiger partial charge on any atom is 0.120 e. The lowest BCUT2D eigenvalue weighted by Crippen LogP contribution is -2.45. The summed E-state index contributed by atoms with van der Waals surface area (Å²) in [5.74, 6) is 0.291. The lowest BCUT2D eigenvalue weighted by molar-refractivity contribution is 0.167. The molecule has 2 N–H and O–H groups in total. The first-order valence-electron chi connectivity index (χ1n) is 6.44. The minimum absolute atomic E-state index is 0. The molecular formula is C14H21Cl2N3O. The Morgan fingerprint density at radius 2 is 2.00 bits per heavy atom. The number of phenols is 1. The van der Waals surface area contributed by atoms with Crippen molar-refractivity contribution in [1.82, 2.24) is 10.2 Å². The van der Waals surface area contributed by atoms with Crippen molar-refractivity contribution in [3.05, 3.63) is 29.3 Å². The third kappa shape index (κ3) is 4.26. The first kappa shape index (κ1) is 19.0. The molecule has 0 unspecified atom stereocenters. The maximum atomic E-state index is 10.0. The summed E-state index contributed by atoms with van der Waals surface area (Å²) in [7, 11) is 0. The molecule has 0 spiro atoms. The van der Waals surface area contributed by atoms with Gasteiger partial charge in [-0.3, -0.25) is 4.90 Å². The number of hydrogen-bond donors (Lipinski definition) is 2. The van der Waals surface area contributed by atoms with E-state index in [2.05, 4.69) is 23.2 Å². The second-order valence-corrected chi connectivity index (χ2v) is 4.60. The minimum Gasteiger partial charge on any atom is -0.508 e. The molecule has 1 heterocycles. The lowest BCUT2D eigenvalue weighted by Gasteiger charge is -2.35. The topological polar surface area (TPSA) is 59.3 Å². The highest BCUT2D eigenvalue weighted by Crippen LogP contribution is 2.31. The molecule has 1 fully saturated rings. The summed E-state index contributed by atoms with van der Waals surface area (Å²) in [5, 5.41) is 22.3. The monoisotopic (exact) mass is 317 g/mol. The average molecular weight is 318 g/mol.